The number of rotatable bonds is 6. The fourth-order valence-electron chi connectivity index (χ4n) is 3.67. The van der Waals surface area contributed by atoms with Crippen molar-refractivity contribution in [2.45, 2.75) is 51.7 Å². The van der Waals surface area contributed by atoms with Crippen LogP contribution in [-0.4, -0.2) is 41.8 Å². The molecule has 0 aromatic carbocycles. The van der Waals surface area contributed by atoms with Gasteiger partial charge in [-0.05, 0) is 25.5 Å². The van der Waals surface area contributed by atoms with E-state index in [0.717, 1.165) is 37.4 Å². The monoisotopic (exact) mass is 368 g/mol. The zero-order valence-electron chi connectivity index (χ0n) is 15.7. The molecule has 0 saturated carbocycles. The Balaban J connectivity index is 1.52. The molecule has 0 aliphatic carbocycles. The van der Waals surface area contributed by atoms with Crippen molar-refractivity contribution < 1.29 is 4.42 Å². The molecule has 1 aliphatic rings. The molecule has 0 radical (unpaired) electrons. The molecule has 8 nitrogen and oxygen atoms in total. The smallest absolute Gasteiger partial charge is 0.266 e. The Hall–Kier alpha value is -2.74. The lowest BCUT2D eigenvalue weighted by Crippen LogP contribution is -2.37. The molecule has 0 amide bonds. The maximum Gasteiger partial charge on any atom is 0.266 e. The van der Waals surface area contributed by atoms with Crippen molar-refractivity contribution in [3.05, 3.63) is 59.1 Å². The number of oxazole rings is 1. The third-order valence-electron chi connectivity index (χ3n) is 5.05. The maximum absolute atomic E-state index is 12.3. The van der Waals surface area contributed by atoms with Crippen molar-refractivity contribution in [3.8, 4) is 5.82 Å². The first-order valence-corrected chi connectivity index (χ1v) is 9.34. The molecule has 1 saturated heterocycles. The second kappa shape index (κ2) is 7.48. The van der Waals surface area contributed by atoms with Crippen molar-refractivity contribution in [2.75, 3.05) is 6.54 Å². The Morgan fingerprint density at radius 3 is 3.00 bits per heavy atom. The van der Waals surface area contributed by atoms with Gasteiger partial charge < -0.3 is 4.42 Å². The second-order valence-electron chi connectivity index (χ2n) is 7.27. The fraction of sp³-hybridized carbons (Fsp3) is 0.474. The van der Waals surface area contributed by atoms with Crippen LogP contribution in [0.3, 0.4) is 0 Å². The summed E-state index contributed by atoms with van der Waals surface area (Å²) in [4.78, 5) is 23.1. The highest BCUT2D eigenvalue weighted by molar-refractivity contribution is 5.19. The van der Waals surface area contributed by atoms with Gasteiger partial charge in [0.25, 0.3) is 5.56 Å². The van der Waals surface area contributed by atoms with Crippen LogP contribution in [0.4, 0.5) is 0 Å². The lowest BCUT2D eigenvalue weighted by molar-refractivity contribution is 0.213. The van der Waals surface area contributed by atoms with Crippen LogP contribution in [0.15, 0.2) is 46.5 Å². The number of likely N-dealkylation sites (tertiary alicyclic amines) is 1. The molecule has 4 heterocycles. The summed E-state index contributed by atoms with van der Waals surface area (Å²) >= 11 is 0. The van der Waals surface area contributed by atoms with Crippen molar-refractivity contribution in [2.24, 2.45) is 0 Å². The predicted molar refractivity (Wildman–Crippen MR) is 99.6 cm³/mol. The van der Waals surface area contributed by atoms with Gasteiger partial charge in [0.2, 0.25) is 0 Å². The Kier molecular flexibility index (Phi) is 4.89. The second-order valence-corrected chi connectivity index (χ2v) is 7.27. The Morgan fingerprint density at radius 2 is 2.22 bits per heavy atom. The van der Waals surface area contributed by atoms with Gasteiger partial charge in [0.05, 0.1) is 12.2 Å². The zero-order chi connectivity index (χ0) is 18.8. The van der Waals surface area contributed by atoms with Gasteiger partial charge in [0.15, 0.2) is 12.2 Å². The number of hydrogen-bond acceptors (Lipinski definition) is 6. The molecule has 142 valence electrons. The van der Waals surface area contributed by atoms with Crippen LogP contribution in [-0.2, 0) is 13.1 Å². The van der Waals surface area contributed by atoms with Crippen LogP contribution in [0.2, 0.25) is 0 Å². The van der Waals surface area contributed by atoms with Crippen molar-refractivity contribution in [1.82, 2.24) is 29.2 Å². The molecule has 8 heteroatoms. The Morgan fingerprint density at radius 1 is 1.33 bits per heavy atom. The Labute approximate surface area is 157 Å². The summed E-state index contributed by atoms with van der Waals surface area (Å²) in [5.41, 5.74) is 0.902. The third kappa shape index (κ3) is 3.71. The lowest BCUT2D eigenvalue weighted by atomic mass is 10.1. The van der Waals surface area contributed by atoms with E-state index in [0.29, 0.717) is 18.3 Å². The first-order chi connectivity index (χ1) is 13.1. The van der Waals surface area contributed by atoms with Crippen molar-refractivity contribution >= 4 is 0 Å². The number of imidazole rings is 1. The Bertz CT molecular complexity index is 943. The van der Waals surface area contributed by atoms with Crippen molar-refractivity contribution in [3.63, 3.8) is 0 Å². The zero-order valence-corrected chi connectivity index (χ0v) is 15.7. The fourth-order valence-corrected chi connectivity index (χ4v) is 3.67. The summed E-state index contributed by atoms with van der Waals surface area (Å²) in [5, 5.41) is 4.52. The minimum atomic E-state index is -0.0879. The van der Waals surface area contributed by atoms with E-state index >= 15 is 0 Å². The average molecular weight is 368 g/mol. The molecular formula is C19H24N6O2. The van der Waals surface area contributed by atoms with Crippen LogP contribution in [0, 0.1) is 0 Å². The quantitative estimate of drug-likeness (QED) is 0.663. The highest BCUT2D eigenvalue weighted by atomic mass is 16.3. The van der Waals surface area contributed by atoms with Gasteiger partial charge >= 0.3 is 0 Å². The van der Waals surface area contributed by atoms with Crippen LogP contribution < -0.4 is 5.56 Å². The standard InChI is InChI=1S/C19H24N6O2/c1-14(2)19-16(21-13-27-19)11-23-8-3-4-15(23)10-25-18(26)6-5-17(22-25)24-9-7-20-12-24/h5-7,9,12-15H,3-4,8,10-11H2,1-2H3. The number of hydrogen-bond donors (Lipinski definition) is 0. The van der Waals surface area contributed by atoms with Gasteiger partial charge in [-0.15, -0.1) is 0 Å². The van der Waals surface area contributed by atoms with E-state index in [1.807, 2.05) is 6.20 Å². The SMILES string of the molecule is CC(C)c1ocnc1CN1CCCC1Cn1nc(-n2ccnc2)ccc1=O. The molecule has 3 aromatic heterocycles. The van der Waals surface area contributed by atoms with E-state index in [1.54, 1.807) is 33.9 Å². The lowest BCUT2D eigenvalue weighted by Gasteiger charge is -2.24. The number of aromatic nitrogens is 5. The van der Waals surface area contributed by atoms with Crippen LogP contribution in [0.1, 0.15) is 44.1 Å². The van der Waals surface area contributed by atoms with E-state index in [-0.39, 0.29) is 11.6 Å². The summed E-state index contributed by atoms with van der Waals surface area (Å²) in [6, 6.07) is 3.54. The van der Waals surface area contributed by atoms with E-state index < -0.39 is 0 Å². The summed E-state index contributed by atoms with van der Waals surface area (Å²) < 4.78 is 8.91. The summed E-state index contributed by atoms with van der Waals surface area (Å²) in [6.45, 7) is 6.51. The molecule has 3 aromatic rings. The first kappa shape index (κ1) is 17.7. The highest BCUT2D eigenvalue weighted by Crippen LogP contribution is 2.25. The van der Waals surface area contributed by atoms with E-state index in [1.165, 1.54) is 6.39 Å². The molecule has 4 rings (SSSR count). The first-order valence-electron chi connectivity index (χ1n) is 9.34. The molecule has 27 heavy (non-hydrogen) atoms. The highest BCUT2D eigenvalue weighted by Gasteiger charge is 2.27. The molecule has 0 N–H and O–H groups in total. The molecular weight excluding hydrogens is 344 g/mol. The molecule has 1 atom stereocenters. The van der Waals surface area contributed by atoms with Crippen LogP contribution >= 0.6 is 0 Å². The predicted octanol–water partition coefficient (Wildman–Crippen LogP) is 2.21. The molecule has 1 fully saturated rings. The third-order valence-corrected chi connectivity index (χ3v) is 5.05. The van der Waals surface area contributed by atoms with Crippen LogP contribution in [0.5, 0.6) is 0 Å². The number of nitrogens with zero attached hydrogens (tertiary/aromatic N) is 6. The minimum absolute atomic E-state index is 0.0879. The largest absolute Gasteiger partial charge is 0.448 e. The van der Waals surface area contributed by atoms with Crippen LogP contribution in [0.25, 0.3) is 5.82 Å². The summed E-state index contributed by atoms with van der Waals surface area (Å²) in [5.74, 6) is 1.94. The van der Waals surface area contributed by atoms with Gasteiger partial charge in [-0.25, -0.2) is 14.6 Å². The van der Waals surface area contributed by atoms with E-state index in [4.69, 9.17) is 4.42 Å². The maximum atomic E-state index is 12.3. The molecule has 0 spiro atoms. The minimum Gasteiger partial charge on any atom is -0.448 e. The molecule has 1 unspecified atom stereocenters. The van der Waals surface area contributed by atoms with E-state index in [9.17, 15) is 4.79 Å². The van der Waals surface area contributed by atoms with E-state index in [2.05, 4.69) is 33.8 Å². The van der Waals surface area contributed by atoms with Crippen molar-refractivity contribution in [1.29, 1.82) is 0 Å². The van der Waals surface area contributed by atoms with Gasteiger partial charge in [-0.2, -0.15) is 5.10 Å². The topological polar surface area (TPSA) is 82.0 Å². The van der Waals surface area contributed by atoms with Gasteiger partial charge in [-0.3, -0.25) is 14.3 Å². The molecule has 1 aliphatic heterocycles. The summed E-state index contributed by atoms with van der Waals surface area (Å²) in [7, 11) is 0. The summed E-state index contributed by atoms with van der Waals surface area (Å²) in [6.07, 6.45) is 8.86. The van der Waals surface area contributed by atoms with Gasteiger partial charge in [0, 0.05) is 37.0 Å². The average Bonchev–Trinajstić information content (AvgIpc) is 3.39. The van der Waals surface area contributed by atoms with Gasteiger partial charge in [0.1, 0.15) is 12.1 Å². The van der Waals surface area contributed by atoms with Gasteiger partial charge in [-0.1, -0.05) is 13.8 Å². The molecule has 0 bridgehead atoms. The normalized spacial score (nSPS) is 17.8.